The summed E-state index contributed by atoms with van der Waals surface area (Å²) in [7, 11) is 0. The minimum atomic E-state index is -0.843. The molecule has 3 N–H and O–H groups in total. The second-order valence-electron chi connectivity index (χ2n) is 17.5. The topological polar surface area (TPSA) is 95.9 Å². The zero-order valence-electron chi connectivity index (χ0n) is 38.8. The van der Waals surface area contributed by atoms with Crippen LogP contribution in [0.3, 0.4) is 0 Å². The predicted octanol–water partition coefficient (Wildman–Crippen LogP) is 15.1. The fraction of sp³-hybridized carbons (Fsp3) is 0.885. The lowest BCUT2D eigenvalue weighted by Crippen LogP contribution is -2.45. The maximum absolute atomic E-state index is 12.4. The SMILES string of the molecule is CCCCC/C=C\CCCCCCCC(=O)OCCCCCCCCCCCCCCCCCCCCCCC(=O)NC(CO)C(O)/C=C/CCCCCCCCC. The zero-order valence-corrected chi connectivity index (χ0v) is 38.8. The highest BCUT2D eigenvalue weighted by Gasteiger charge is 2.18. The van der Waals surface area contributed by atoms with Crippen molar-refractivity contribution in [3.8, 4) is 0 Å². The molecule has 2 unspecified atom stereocenters. The van der Waals surface area contributed by atoms with E-state index in [-0.39, 0.29) is 18.5 Å². The number of carbonyl (C=O) groups is 2. The Kier molecular flexibility index (Phi) is 46.6. The lowest BCUT2D eigenvalue weighted by Gasteiger charge is -2.20. The van der Waals surface area contributed by atoms with Gasteiger partial charge >= 0.3 is 5.97 Å². The second kappa shape index (κ2) is 48.0. The van der Waals surface area contributed by atoms with Crippen LogP contribution in [0.15, 0.2) is 24.3 Å². The van der Waals surface area contributed by atoms with E-state index >= 15 is 0 Å². The van der Waals surface area contributed by atoms with E-state index < -0.39 is 12.1 Å². The van der Waals surface area contributed by atoms with Crippen molar-refractivity contribution >= 4 is 11.9 Å². The molecule has 6 heteroatoms. The predicted molar refractivity (Wildman–Crippen MR) is 250 cm³/mol. The molecule has 0 aliphatic carbocycles. The number of ether oxygens (including phenoxy) is 1. The molecule has 0 aliphatic rings. The van der Waals surface area contributed by atoms with Gasteiger partial charge in [0.25, 0.3) is 0 Å². The van der Waals surface area contributed by atoms with Gasteiger partial charge in [0.15, 0.2) is 0 Å². The molecule has 0 heterocycles. The molecule has 58 heavy (non-hydrogen) atoms. The number of hydrogen-bond acceptors (Lipinski definition) is 5. The molecule has 1 amide bonds. The summed E-state index contributed by atoms with van der Waals surface area (Å²) >= 11 is 0. The number of aliphatic hydroxyl groups is 2. The van der Waals surface area contributed by atoms with Gasteiger partial charge in [-0.2, -0.15) is 0 Å². The molecule has 0 bridgehead atoms. The average Bonchev–Trinajstić information content (AvgIpc) is 3.22. The Morgan fingerprint density at radius 2 is 0.810 bits per heavy atom. The summed E-state index contributed by atoms with van der Waals surface area (Å²) < 4.78 is 5.45. The summed E-state index contributed by atoms with van der Waals surface area (Å²) in [5.74, 6) is -0.0737. The first-order valence-electron chi connectivity index (χ1n) is 25.6. The van der Waals surface area contributed by atoms with Crippen molar-refractivity contribution in [3.63, 3.8) is 0 Å². The van der Waals surface area contributed by atoms with Crippen LogP contribution in [0.25, 0.3) is 0 Å². The van der Waals surface area contributed by atoms with Crippen LogP contribution in [0.1, 0.15) is 271 Å². The van der Waals surface area contributed by atoms with E-state index in [4.69, 9.17) is 4.74 Å². The molecule has 342 valence electrons. The van der Waals surface area contributed by atoms with Crippen LogP contribution >= 0.6 is 0 Å². The Morgan fingerprint density at radius 1 is 0.466 bits per heavy atom. The van der Waals surface area contributed by atoms with Crippen LogP contribution in [0.5, 0.6) is 0 Å². The number of amides is 1. The summed E-state index contributed by atoms with van der Waals surface area (Å²) in [5, 5.41) is 22.9. The number of allylic oxidation sites excluding steroid dienone is 3. The first-order chi connectivity index (χ1) is 28.5. The Balaban J connectivity index is 3.39. The number of hydrogen-bond donors (Lipinski definition) is 3. The minimum Gasteiger partial charge on any atom is -0.466 e. The van der Waals surface area contributed by atoms with Gasteiger partial charge in [-0.15, -0.1) is 0 Å². The lowest BCUT2D eigenvalue weighted by atomic mass is 10.0. The molecule has 0 aromatic heterocycles. The molecule has 0 spiro atoms. The number of unbranched alkanes of at least 4 members (excludes halogenated alkanes) is 34. The normalized spacial score (nSPS) is 12.8. The second-order valence-corrected chi connectivity index (χ2v) is 17.5. The molecule has 0 rings (SSSR count). The monoisotopic (exact) mass is 818 g/mol. The van der Waals surface area contributed by atoms with Gasteiger partial charge in [0.1, 0.15) is 0 Å². The van der Waals surface area contributed by atoms with Crippen LogP contribution in [0.4, 0.5) is 0 Å². The van der Waals surface area contributed by atoms with E-state index in [0.717, 1.165) is 44.9 Å². The highest BCUT2D eigenvalue weighted by Crippen LogP contribution is 2.16. The summed E-state index contributed by atoms with van der Waals surface area (Å²) in [5.41, 5.74) is 0. The third-order valence-electron chi connectivity index (χ3n) is 11.7. The quantitative estimate of drug-likeness (QED) is 0.0323. The molecule has 0 aromatic carbocycles. The number of carbonyl (C=O) groups excluding carboxylic acids is 2. The molecule has 0 saturated heterocycles. The zero-order chi connectivity index (χ0) is 42.3. The van der Waals surface area contributed by atoms with E-state index in [1.54, 1.807) is 6.08 Å². The summed E-state index contributed by atoms with van der Waals surface area (Å²) in [6.07, 6.45) is 56.2. The maximum atomic E-state index is 12.4. The summed E-state index contributed by atoms with van der Waals surface area (Å²) in [6.45, 7) is 4.84. The van der Waals surface area contributed by atoms with Crippen LogP contribution in [0.2, 0.25) is 0 Å². The van der Waals surface area contributed by atoms with Gasteiger partial charge in [0, 0.05) is 12.8 Å². The Morgan fingerprint density at radius 3 is 1.26 bits per heavy atom. The van der Waals surface area contributed by atoms with E-state index in [1.165, 1.54) is 199 Å². The highest BCUT2D eigenvalue weighted by molar-refractivity contribution is 5.76. The van der Waals surface area contributed by atoms with Crippen LogP contribution < -0.4 is 5.32 Å². The largest absolute Gasteiger partial charge is 0.466 e. The fourth-order valence-electron chi connectivity index (χ4n) is 7.74. The van der Waals surface area contributed by atoms with Crippen molar-refractivity contribution in [2.75, 3.05) is 13.2 Å². The number of aliphatic hydroxyl groups excluding tert-OH is 2. The summed E-state index contributed by atoms with van der Waals surface area (Å²) in [4.78, 5) is 24.3. The van der Waals surface area contributed by atoms with Crippen molar-refractivity contribution in [3.05, 3.63) is 24.3 Å². The number of rotatable bonds is 47. The smallest absolute Gasteiger partial charge is 0.305 e. The van der Waals surface area contributed by atoms with E-state index in [2.05, 4.69) is 31.3 Å². The molecule has 2 atom stereocenters. The van der Waals surface area contributed by atoms with Crippen LogP contribution in [-0.4, -0.2) is 47.4 Å². The van der Waals surface area contributed by atoms with Gasteiger partial charge in [0.2, 0.25) is 5.91 Å². The van der Waals surface area contributed by atoms with Crippen LogP contribution in [0, 0.1) is 0 Å². The Labute approximate surface area is 361 Å². The average molecular weight is 818 g/mol. The third-order valence-corrected chi connectivity index (χ3v) is 11.7. The molecular formula is C52H99NO5. The standard InChI is InChI=1S/C52H99NO5/c1-3-5-7-9-11-13-14-26-30-34-38-42-46-52(57)58-47-43-39-35-31-27-24-22-20-18-16-15-17-19-21-23-25-29-33-37-41-45-51(56)53-49(48-54)50(55)44-40-36-32-28-12-10-8-6-4-2/h11,13,40,44,49-50,54-55H,3-10,12,14-39,41-43,45-48H2,1-2H3,(H,53,56)/b13-11-,44-40+. The molecule has 6 nitrogen and oxygen atoms in total. The summed E-state index contributed by atoms with van der Waals surface area (Å²) in [6, 6.07) is -0.626. The Bertz CT molecular complexity index is 904. The molecule has 0 radical (unpaired) electrons. The maximum Gasteiger partial charge on any atom is 0.305 e. The van der Waals surface area contributed by atoms with Crippen molar-refractivity contribution in [1.82, 2.24) is 5.32 Å². The van der Waals surface area contributed by atoms with Gasteiger partial charge in [-0.25, -0.2) is 0 Å². The Hall–Kier alpha value is -1.66. The molecule has 0 aromatic rings. The number of nitrogens with one attached hydrogen (secondary N) is 1. The van der Waals surface area contributed by atoms with Crippen LogP contribution in [-0.2, 0) is 14.3 Å². The van der Waals surface area contributed by atoms with Crippen molar-refractivity contribution < 1.29 is 24.5 Å². The lowest BCUT2D eigenvalue weighted by molar-refractivity contribution is -0.143. The molecule has 0 saturated carbocycles. The van der Waals surface area contributed by atoms with Gasteiger partial charge in [0.05, 0.1) is 25.4 Å². The van der Waals surface area contributed by atoms with Gasteiger partial charge in [-0.05, 0) is 57.8 Å². The fourth-order valence-corrected chi connectivity index (χ4v) is 7.74. The van der Waals surface area contributed by atoms with Crippen molar-refractivity contribution in [2.45, 2.75) is 283 Å². The highest BCUT2D eigenvalue weighted by atomic mass is 16.5. The van der Waals surface area contributed by atoms with E-state index in [1.807, 2.05) is 6.08 Å². The van der Waals surface area contributed by atoms with E-state index in [9.17, 15) is 19.8 Å². The van der Waals surface area contributed by atoms with Gasteiger partial charge < -0.3 is 20.3 Å². The first-order valence-corrected chi connectivity index (χ1v) is 25.6. The van der Waals surface area contributed by atoms with Crippen molar-refractivity contribution in [2.24, 2.45) is 0 Å². The minimum absolute atomic E-state index is 0.000818. The van der Waals surface area contributed by atoms with Gasteiger partial charge in [-0.1, -0.05) is 224 Å². The third kappa shape index (κ3) is 43.9. The molecule has 0 aliphatic heterocycles. The first kappa shape index (κ1) is 56.3. The van der Waals surface area contributed by atoms with Gasteiger partial charge in [-0.3, -0.25) is 9.59 Å². The molecular weight excluding hydrogens is 719 g/mol. The van der Waals surface area contributed by atoms with E-state index in [0.29, 0.717) is 19.4 Å². The number of esters is 1. The molecule has 0 fully saturated rings. The van der Waals surface area contributed by atoms with Crippen molar-refractivity contribution in [1.29, 1.82) is 0 Å².